The molecule has 4 aromatic carbocycles. The van der Waals surface area contributed by atoms with Crippen LogP contribution in [0.2, 0.25) is 0 Å². The molecule has 0 saturated carbocycles. The Kier molecular flexibility index (Phi) is 23.5. The summed E-state index contributed by atoms with van der Waals surface area (Å²) in [5, 5.41) is 22.5. The third kappa shape index (κ3) is 21.5. The summed E-state index contributed by atoms with van der Waals surface area (Å²) < 4.78 is 35.9. The molecule has 0 spiro atoms. The summed E-state index contributed by atoms with van der Waals surface area (Å²) in [5.41, 5.74) is 18.7. The van der Waals surface area contributed by atoms with E-state index < -0.39 is 0 Å². The molecular formula is C51H70N6O6. The lowest BCUT2D eigenvalue weighted by molar-refractivity contribution is 0.285. The Bertz CT molecular complexity index is 1840. The third-order valence-electron chi connectivity index (χ3n) is 10.3. The summed E-state index contributed by atoms with van der Waals surface area (Å²) in [6, 6.07) is 27.8. The number of rotatable bonds is 35. The lowest BCUT2D eigenvalue weighted by Gasteiger charge is -2.12. The van der Waals surface area contributed by atoms with E-state index in [4.69, 9.17) is 61.9 Å². The molecule has 0 aliphatic rings. The lowest BCUT2D eigenvalue weighted by atomic mass is 10.1. The second-order valence-corrected chi connectivity index (χ2v) is 15.6. The molecule has 0 fully saturated rings. The first kappa shape index (κ1) is 49.5. The van der Waals surface area contributed by atoms with Crippen LogP contribution in [0.1, 0.15) is 126 Å². The molecule has 0 aliphatic carbocycles. The van der Waals surface area contributed by atoms with Crippen LogP contribution in [-0.2, 0) is 0 Å². The molecule has 0 radical (unpaired) electrons. The van der Waals surface area contributed by atoms with E-state index in [-0.39, 0.29) is 17.5 Å². The highest BCUT2D eigenvalue weighted by atomic mass is 16.5. The van der Waals surface area contributed by atoms with Gasteiger partial charge in [-0.3, -0.25) is 16.2 Å². The van der Waals surface area contributed by atoms with Gasteiger partial charge in [-0.15, -0.1) is 0 Å². The first-order valence-corrected chi connectivity index (χ1v) is 22.7. The van der Waals surface area contributed by atoms with Gasteiger partial charge in [-0.25, -0.2) is 0 Å². The maximum atomic E-state index is 7.50. The van der Waals surface area contributed by atoms with Crippen molar-refractivity contribution in [3.8, 4) is 34.5 Å². The number of unbranched alkanes of at least 4 members (excludes halogenated alkanes) is 14. The molecule has 0 unspecified atom stereocenters. The van der Waals surface area contributed by atoms with E-state index >= 15 is 0 Å². The Balaban J connectivity index is 1.10. The van der Waals surface area contributed by atoms with Gasteiger partial charge in [0.05, 0.1) is 39.3 Å². The van der Waals surface area contributed by atoms with Crippen LogP contribution >= 0.6 is 0 Å². The van der Waals surface area contributed by atoms with Crippen LogP contribution in [0.15, 0.2) is 103 Å². The van der Waals surface area contributed by atoms with E-state index in [0.29, 0.717) is 55.5 Å². The number of ether oxygens (including phenoxy) is 6. The van der Waals surface area contributed by atoms with Crippen LogP contribution < -0.4 is 45.6 Å². The molecule has 4 rings (SSSR count). The van der Waals surface area contributed by atoms with Gasteiger partial charge in [0.25, 0.3) is 0 Å². The summed E-state index contributed by atoms with van der Waals surface area (Å²) in [6.07, 6.45) is 22.0. The fraction of sp³-hybridized carbons (Fsp3) is 0.431. The van der Waals surface area contributed by atoms with Crippen LogP contribution in [-0.4, -0.2) is 50.5 Å². The topological polar surface area (TPSA) is 205 Å². The van der Waals surface area contributed by atoms with Crippen LogP contribution in [0.5, 0.6) is 34.5 Å². The van der Waals surface area contributed by atoms with Gasteiger partial charge >= 0.3 is 0 Å². The molecule has 12 nitrogen and oxygen atoms in total. The molecule has 0 aromatic heterocycles. The van der Waals surface area contributed by atoms with Gasteiger partial charge in [-0.2, -0.15) is 0 Å². The zero-order valence-corrected chi connectivity index (χ0v) is 37.1. The van der Waals surface area contributed by atoms with Crippen molar-refractivity contribution >= 4 is 17.5 Å². The quantitative estimate of drug-likeness (QED) is 0.0112. The molecule has 0 bridgehead atoms. The summed E-state index contributed by atoms with van der Waals surface area (Å²) in [7, 11) is 0. The van der Waals surface area contributed by atoms with Gasteiger partial charge in [-0.1, -0.05) is 64.2 Å². The van der Waals surface area contributed by atoms with E-state index in [1.807, 2.05) is 78.9 Å². The van der Waals surface area contributed by atoms with Gasteiger partial charge in [0, 0.05) is 34.9 Å². The Morgan fingerprint density at radius 3 is 0.937 bits per heavy atom. The lowest BCUT2D eigenvalue weighted by Crippen LogP contribution is -2.10. The average molecular weight is 863 g/mol. The first-order chi connectivity index (χ1) is 30.8. The van der Waals surface area contributed by atoms with Crippen LogP contribution in [0, 0.1) is 16.2 Å². The second-order valence-electron chi connectivity index (χ2n) is 15.6. The Morgan fingerprint density at radius 2 is 0.619 bits per heavy atom. The monoisotopic (exact) mass is 863 g/mol. The van der Waals surface area contributed by atoms with Gasteiger partial charge < -0.3 is 45.6 Å². The second kappa shape index (κ2) is 30.0. The summed E-state index contributed by atoms with van der Waals surface area (Å²) in [5.74, 6) is 4.78. The molecule has 0 aliphatic heterocycles. The van der Waals surface area contributed by atoms with Crippen LogP contribution in [0.3, 0.4) is 0 Å². The Morgan fingerprint density at radius 1 is 0.349 bits per heavy atom. The predicted octanol–water partition coefficient (Wildman–Crippen LogP) is 11.1. The molecule has 12 heteroatoms. The van der Waals surface area contributed by atoms with Crippen molar-refractivity contribution in [2.75, 3.05) is 33.0 Å². The average Bonchev–Trinajstić information content (AvgIpc) is 3.28. The summed E-state index contributed by atoms with van der Waals surface area (Å²) in [4.78, 5) is 0. The van der Waals surface area contributed by atoms with Gasteiger partial charge in [0.2, 0.25) is 0 Å². The maximum absolute atomic E-state index is 7.50. The largest absolute Gasteiger partial charge is 0.494 e. The van der Waals surface area contributed by atoms with Crippen LogP contribution in [0.4, 0.5) is 0 Å². The highest BCUT2D eigenvalue weighted by Gasteiger charge is 2.06. The zero-order chi connectivity index (χ0) is 44.7. The van der Waals surface area contributed by atoms with E-state index in [1.54, 1.807) is 18.4 Å². The molecular weight excluding hydrogens is 793 g/mol. The number of hydrogen-bond acceptors (Lipinski definition) is 9. The van der Waals surface area contributed by atoms with Gasteiger partial charge in [-0.05, 0) is 124 Å². The van der Waals surface area contributed by atoms with Crippen molar-refractivity contribution in [2.45, 2.75) is 109 Å². The molecule has 9 N–H and O–H groups in total. The minimum atomic E-state index is 0.0580. The van der Waals surface area contributed by atoms with E-state index in [2.05, 4.69) is 6.08 Å². The fourth-order valence-corrected chi connectivity index (χ4v) is 6.66. The number of hydrogen-bond donors (Lipinski definition) is 6. The minimum absolute atomic E-state index is 0.0580. The van der Waals surface area contributed by atoms with Crippen molar-refractivity contribution in [2.24, 2.45) is 17.2 Å². The Hall–Kier alpha value is -6.17. The maximum Gasteiger partial charge on any atom is 0.133 e. The van der Waals surface area contributed by atoms with Crippen molar-refractivity contribution in [3.05, 3.63) is 120 Å². The standard InChI is InChI=1S/C51H70N6O6/c52-49(53)40-19-25-43(26-20-40)58-31-13-7-1-4-10-16-34-61-46-37-47(62-35-17-11-5-2-8-14-32-59-44-27-21-41(22-28-44)50(54)55)39-48(38-46)63-36-18-12-6-3-9-15-33-60-45-29-23-42(24-30-45)51(56)57/h16,19-30,34,37-39H,1-15,17-18,31-33,35-36H2,(H3,52,53)(H3,54,55)(H3,56,57)/b34-16-. The highest BCUT2D eigenvalue weighted by Crippen LogP contribution is 2.29. The van der Waals surface area contributed by atoms with E-state index in [9.17, 15) is 0 Å². The number of amidine groups is 3. The highest BCUT2D eigenvalue weighted by molar-refractivity contribution is 5.95. The number of nitrogen functional groups attached to an aromatic ring is 3. The van der Waals surface area contributed by atoms with Crippen molar-refractivity contribution in [1.29, 1.82) is 16.2 Å². The van der Waals surface area contributed by atoms with Gasteiger partial charge in [0.1, 0.15) is 52.0 Å². The fourth-order valence-electron chi connectivity index (χ4n) is 6.66. The number of benzene rings is 4. The normalized spacial score (nSPS) is 11.0. The smallest absolute Gasteiger partial charge is 0.133 e. The van der Waals surface area contributed by atoms with Crippen molar-refractivity contribution in [3.63, 3.8) is 0 Å². The predicted molar refractivity (Wildman–Crippen MR) is 255 cm³/mol. The van der Waals surface area contributed by atoms with Crippen molar-refractivity contribution < 1.29 is 28.4 Å². The number of nitrogens with one attached hydrogen (secondary N) is 3. The first-order valence-electron chi connectivity index (χ1n) is 22.7. The molecule has 0 saturated heterocycles. The molecule has 63 heavy (non-hydrogen) atoms. The van der Waals surface area contributed by atoms with E-state index in [1.165, 1.54) is 0 Å². The zero-order valence-electron chi connectivity index (χ0n) is 37.1. The molecule has 0 heterocycles. The van der Waals surface area contributed by atoms with Crippen molar-refractivity contribution in [1.82, 2.24) is 0 Å². The number of nitrogens with two attached hydrogens (primary N) is 3. The molecule has 0 atom stereocenters. The van der Waals surface area contributed by atoms with Crippen LogP contribution in [0.25, 0.3) is 0 Å². The molecule has 4 aromatic rings. The Labute approximate surface area is 375 Å². The molecule has 0 amide bonds. The summed E-state index contributed by atoms with van der Waals surface area (Å²) >= 11 is 0. The SMILES string of the molecule is N=C(N)c1ccc(OCCCCCC/C=C\Oc2cc(OCCCCCCCCOc3ccc(C(=N)N)cc3)cc(OCCCCCCCCOc3ccc(C(=N)N)cc3)c2)cc1. The van der Waals surface area contributed by atoms with Gasteiger partial charge in [0.15, 0.2) is 0 Å². The minimum Gasteiger partial charge on any atom is -0.494 e. The third-order valence-corrected chi connectivity index (χ3v) is 10.3. The number of allylic oxidation sites excluding steroid dienone is 1. The summed E-state index contributed by atoms with van der Waals surface area (Å²) in [6.45, 7) is 3.28. The van der Waals surface area contributed by atoms with E-state index in [0.717, 1.165) is 138 Å². The molecule has 340 valence electrons.